The van der Waals surface area contributed by atoms with Crippen LogP contribution in [0.2, 0.25) is 0 Å². The van der Waals surface area contributed by atoms with Gasteiger partial charge < -0.3 is 15.0 Å². The maximum atomic E-state index is 12.2. The summed E-state index contributed by atoms with van der Waals surface area (Å²) < 4.78 is 5.31. The lowest BCUT2D eigenvalue weighted by atomic mass is 9.96. The van der Waals surface area contributed by atoms with Crippen LogP contribution in [-0.4, -0.2) is 42.6 Å². The van der Waals surface area contributed by atoms with Crippen molar-refractivity contribution in [1.82, 2.24) is 10.3 Å². The molecule has 1 N–H and O–H groups in total. The van der Waals surface area contributed by atoms with E-state index in [9.17, 15) is 9.59 Å². The van der Waals surface area contributed by atoms with Gasteiger partial charge in [0.15, 0.2) is 0 Å². The predicted molar refractivity (Wildman–Crippen MR) is 112 cm³/mol. The van der Waals surface area contributed by atoms with Gasteiger partial charge in [-0.15, -0.1) is 0 Å². The van der Waals surface area contributed by atoms with E-state index >= 15 is 0 Å². The Kier molecular flexibility index (Phi) is 5.42. The van der Waals surface area contributed by atoms with Gasteiger partial charge >= 0.3 is 5.97 Å². The second-order valence-corrected chi connectivity index (χ2v) is 7.15. The Bertz CT molecular complexity index is 965. The standard InChI is InChI=1S/C23H23N3O3/c1-16(27)25-15-20-14-21(23(28)29-20)19-7-5-17(6-8-19)18-9-12-26(13-10-18)22-4-2-3-11-24-22/h2-9,11,14,20H,10,12-13,15H2,1H3,(H,25,27)/t20-/m1/s1. The Hall–Kier alpha value is -3.41. The molecule has 1 atom stereocenters. The summed E-state index contributed by atoms with van der Waals surface area (Å²) in [5, 5.41) is 2.67. The monoisotopic (exact) mass is 389 g/mol. The predicted octanol–water partition coefficient (Wildman–Crippen LogP) is 2.82. The average Bonchev–Trinajstić information content (AvgIpc) is 3.14. The maximum absolute atomic E-state index is 12.2. The third kappa shape index (κ3) is 4.37. The molecular weight excluding hydrogens is 366 g/mol. The Morgan fingerprint density at radius 3 is 2.66 bits per heavy atom. The van der Waals surface area contributed by atoms with E-state index in [1.807, 2.05) is 48.7 Å². The van der Waals surface area contributed by atoms with Gasteiger partial charge in [-0.05, 0) is 41.3 Å². The summed E-state index contributed by atoms with van der Waals surface area (Å²) in [6.07, 6.45) is 6.35. The van der Waals surface area contributed by atoms with E-state index in [1.54, 1.807) is 6.08 Å². The molecule has 0 saturated carbocycles. The third-order valence-electron chi connectivity index (χ3n) is 5.13. The molecule has 3 heterocycles. The van der Waals surface area contributed by atoms with Gasteiger partial charge in [0.05, 0.1) is 12.1 Å². The fourth-order valence-electron chi connectivity index (χ4n) is 3.59. The molecule has 1 amide bonds. The Labute approximate surface area is 169 Å². The number of cyclic esters (lactones) is 1. The quantitative estimate of drug-likeness (QED) is 0.797. The molecule has 0 saturated heterocycles. The highest BCUT2D eigenvalue weighted by atomic mass is 16.5. The number of hydrogen-bond donors (Lipinski definition) is 1. The molecule has 4 rings (SSSR count). The number of ether oxygens (including phenoxy) is 1. The van der Waals surface area contributed by atoms with Gasteiger partial charge in [-0.3, -0.25) is 4.79 Å². The van der Waals surface area contributed by atoms with E-state index in [0.29, 0.717) is 12.1 Å². The number of carbonyl (C=O) groups is 2. The molecule has 2 aliphatic rings. The third-order valence-corrected chi connectivity index (χ3v) is 5.13. The van der Waals surface area contributed by atoms with Crippen molar-refractivity contribution >= 4 is 28.8 Å². The van der Waals surface area contributed by atoms with Gasteiger partial charge in [0, 0.05) is 26.2 Å². The number of benzene rings is 1. The normalized spacial score (nSPS) is 18.7. The van der Waals surface area contributed by atoms with Gasteiger partial charge in [0.1, 0.15) is 11.9 Å². The van der Waals surface area contributed by atoms with Crippen molar-refractivity contribution < 1.29 is 14.3 Å². The molecule has 2 aromatic rings. The first-order valence-corrected chi connectivity index (χ1v) is 9.73. The van der Waals surface area contributed by atoms with E-state index < -0.39 is 6.10 Å². The number of pyridine rings is 1. The van der Waals surface area contributed by atoms with Gasteiger partial charge in [-0.2, -0.15) is 0 Å². The van der Waals surface area contributed by atoms with Gasteiger partial charge in [-0.1, -0.05) is 36.4 Å². The van der Waals surface area contributed by atoms with Crippen LogP contribution in [0.5, 0.6) is 0 Å². The number of aromatic nitrogens is 1. The van der Waals surface area contributed by atoms with Crippen LogP contribution in [0.25, 0.3) is 11.1 Å². The number of esters is 1. The summed E-state index contributed by atoms with van der Waals surface area (Å²) in [5.74, 6) is 0.504. The summed E-state index contributed by atoms with van der Waals surface area (Å²) in [6.45, 7) is 3.49. The van der Waals surface area contributed by atoms with E-state index in [-0.39, 0.29) is 11.9 Å². The molecular formula is C23H23N3O3. The van der Waals surface area contributed by atoms with E-state index in [4.69, 9.17) is 4.74 Å². The van der Waals surface area contributed by atoms with Crippen LogP contribution in [0.1, 0.15) is 24.5 Å². The highest BCUT2D eigenvalue weighted by molar-refractivity contribution is 6.18. The molecule has 0 unspecified atom stereocenters. The van der Waals surface area contributed by atoms with Crippen molar-refractivity contribution in [2.45, 2.75) is 19.4 Å². The lowest BCUT2D eigenvalue weighted by Gasteiger charge is -2.27. The average molecular weight is 389 g/mol. The van der Waals surface area contributed by atoms with Crippen LogP contribution in [0, 0.1) is 0 Å². The minimum atomic E-state index is -0.417. The number of amides is 1. The Morgan fingerprint density at radius 2 is 2.00 bits per heavy atom. The van der Waals surface area contributed by atoms with Crippen LogP contribution in [0.4, 0.5) is 5.82 Å². The summed E-state index contributed by atoms with van der Waals surface area (Å²) in [6, 6.07) is 14.0. The van der Waals surface area contributed by atoms with E-state index in [1.165, 1.54) is 12.5 Å². The van der Waals surface area contributed by atoms with Crippen LogP contribution in [0.3, 0.4) is 0 Å². The fourth-order valence-corrected chi connectivity index (χ4v) is 3.59. The first-order chi connectivity index (χ1) is 14.1. The smallest absolute Gasteiger partial charge is 0.339 e. The molecule has 0 spiro atoms. The minimum Gasteiger partial charge on any atom is -0.453 e. The zero-order valence-electron chi connectivity index (χ0n) is 16.3. The van der Waals surface area contributed by atoms with Crippen molar-refractivity contribution in [3.8, 4) is 0 Å². The molecule has 6 nitrogen and oxygen atoms in total. The zero-order chi connectivity index (χ0) is 20.2. The molecule has 2 aliphatic heterocycles. The van der Waals surface area contributed by atoms with Crippen molar-refractivity contribution in [3.63, 3.8) is 0 Å². The van der Waals surface area contributed by atoms with E-state index in [2.05, 4.69) is 21.3 Å². The van der Waals surface area contributed by atoms with Gasteiger partial charge in [0.2, 0.25) is 5.91 Å². The Balaban J connectivity index is 1.43. The molecule has 0 radical (unpaired) electrons. The second-order valence-electron chi connectivity index (χ2n) is 7.15. The van der Waals surface area contributed by atoms with Crippen molar-refractivity contribution in [1.29, 1.82) is 0 Å². The number of carbonyl (C=O) groups excluding carboxylic acids is 2. The number of anilines is 1. The topological polar surface area (TPSA) is 71.5 Å². The van der Waals surface area contributed by atoms with Crippen LogP contribution >= 0.6 is 0 Å². The molecule has 1 aromatic heterocycles. The molecule has 0 fully saturated rings. The molecule has 0 aliphatic carbocycles. The van der Waals surface area contributed by atoms with Gasteiger partial charge in [0.25, 0.3) is 0 Å². The first kappa shape index (κ1) is 18.9. The summed E-state index contributed by atoms with van der Waals surface area (Å²) in [5.41, 5.74) is 3.84. The largest absolute Gasteiger partial charge is 0.453 e. The highest BCUT2D eigenvalue weighted by Crippen LogP contribution is 2.28. The van der Waals surface area contributed by atoms with Crippen molar-refractivity contribution in [3.05, 3.63) is 71.9 Å². The van der Waals surface area contributed by atoms with Crippen LogP contribution in [0.15, 0.2) is 60.8 Å². The first-order valence-electron chi connectivity index (χ1n) is 9.73. The molecule has 1 aromatic carbocycles. The summed E-state index contributed by atoms with van der Waals surface area (Å²) >= 11 is 0. The molecule has 29 heavy (non-hydrogen) atoms. The molecule has 6 heteroatoms. The summed E-state index contributed by atoms with van der Waals surface area (Å²) in [7, 11) is 0. The van der Waals surface area contributed by atoms with Gasteiger partial charge in [-0.25, -0.2) is 9.78 Å². The van der Waals surface area contributed by atoms with Crippen molar-refractivity contribution in [2.75, 3.05) is 24.5 Å². The van der Waals surface area contributed by atoms with Crippen LogP contribution < -0.4 is 10.2 Å². The number of nitrogens with zero attached hydrogens (tertiary/aromatic N) is 2. The second kappa shape index (κ2) is 8.31. The van der Waals surface area contributed by atoms with Crippen molar-refractivity contribution in [2.24, 2.45) is 0 Å². The fraction of sp³-hybridized carbons (Fsp3) is 0.261. The molecule has 0 bridgehead atoms. The molecule has 148 valence electrons. The Morgan fingerprint density at radius 1 is 1.21 bits per heavy atom. The maximum Gasteiger partial charge on any atom is 0.339 e. The van der Waals surface area contributed by atoms with Crippen LogP contribution in [-0.2, 0) is 14.3 Å². The number of rotatable bonds is 5. The number of nitrogens with one attached hydrogen (secondary N) is 1. The SMILES string of the molecule is CC(=O)NC[C@H]1C=C(c2ccc(C3=CCN(c4ccccn4)CC3)cc2)C(=O)O1. The zero-order valence-corrected chi connectivity index (χ0v) is 16.3. The van der Waals surface area contributed by atoms with E-state index in [0.717, 1.165) is 36.5 Å². The lowest BCUT2D eigenvalue weighted by molar-refractivity contribution is -0.138. The minimum absolute atomic E-state index is 0.144. The number of hydrogen-bond acceptors (Lipinski definition) is 5. The highest BCUT2D eigenvalue weighted by Gasteiger charge is 2.26. The lowest BCUT2D eigenvalue weighted by Crippen LogP contribution is -2.29. The summed E-state index contributed by atoms with van der Waals surface area (Å²) in [4.78, 5) is 29.9.